The molecule has 1 aliphatic carbocycles. The normalized spacial score (nSPS) is 17.2. The molecule has 0 radical (unpaired) electrons. The number of rotatable bonds is 5. The first kappa shape index (κ1) is 12.9. The lowest BCUT2D eigenvalue weighted by molar-refractivity contribution is 0.338. The van der Waals surface area contributed by atoms with Crippen LogP contribution in [-0.2, 0) is 6.54 Å². The molecule has 0 amide bonds. The Bertz CT molecular complexity index is 584. The highest BCUT2D eigenvalue weighted by molar-refractivity contribution is 7.22. The van der Waals surface area contributed by atoms with Crippen LogP contribution in [0.25, 0.3) is 10.2 Å². The Morgan fingerprint density at radius 3 is 2.89 bits per heavy atom. The van der Waals surface area contributed by atoms with Gasteiger partial charge in [-0.3, -0.25) is 0 Å². The number of nitrogens with two attached hydrogens (primary N) is 1. The van der Waals surface area contributed by atoms with E-state index in [-0.39, 0.29) is 0 Å². The molecule has 1 fully saturated rings. The lowest BCUT2D eigenvalue weighted by Gasteiger charge is -2.20. The molecule has 2 aromatic rings. The molecule has 1 heterocycles. The molecule has 4 heteroatoms. The highest BCUT2D eigenvalue weighted by atomic mass is 32.1. The van der Waals surface area contributed by atoms with E-state index in [4.69, 9.17) is 5.73 Å². The molecule has 1 saturated carbocycles. The van der Waals surface area contributed by atoms with Crippen molar-refractivity contribution in [3.63, 3.8) is 0 Å². The van der Waals surface area contributed by atoms with Crippen molar-refractivity contribution >= 4 is 26.7 Å². The molecule has 19 heavy (non-hydrogen) atoms. The standard InChI is InChI=1S/C15H21N3S/c1-10(2)15(5-6-15)9-17-8-11-3-4-12-13(7-11)19-14(16)18-12/h3-4,7,10,17H,5-6,8-9H2,1-2H3,(H2,16,18). The number of aromatic nitrogens is 1. The van der Waals surface area contributed by atoms with Crippen molar-refractivity contribution in [2.24, 2.45) is 11.3 Å². The molecule has 0 atom stereocenters. The molecule has 3 nitrogen and oxygen atoms in total. The first-order valence-corrected chi connectivity index (χ1v) is 7.76. The van der Waals surface area contributed by atoms with E-state index in [2.05, 4.69) is 42.3 Å². The zero-order chi connectivity index (χ0) is 13.5. The molecule has 1 aromatic carbocycles. The van der Waals surface area contributed by atoms with Crippen LogP contribution in [0.3, 0.4) is 0 Å². The summed E-state index contributed by atoms with van der Waals surface area (Å²) < 4.78 is 1.18. The zero-order valence-electron chi connectivity index (χ0n) is 11.6. The summed E-state index contributed by atoms with van der Waals surface area (Å²) in [5.41, 5.74) is 8.62. The van der Waals surface area contributed by atoms with Gasteiger partial charge in [0.15, 0.2) is 5.13 Å². The molecular formula is C15H21N3S. The number of nitrogens with one attached hydrogen (secondary N) is 1. The van der Waals surface area contributed by atoms with Gasteiger partial charge in [0.2, 0.25) is 0 Å². The van der Waals surface area contributed by atoms with Crippen LogP contribution in [0.1, 0.15) is 32.3 Å². The monoisotopic (exact) mass is 275 g/mol. The van der Waals surface area contributed by atoms with Crippen molar-refractivity contribution in [3.05, 3.63) is 23.8 Å². The largest absolute Gasteiger partial charge is 0.375 e. The lowest BCUT2D eigenvalue weighted by atomic mass is 9.92. The van der Waals surface area contributed by atoms with Crippen molar-refractivity contribution in [2.45, 2.75) is 33.2 Å². The number of hydrogen-bond donors (Lipinski definition) is 2. The van der Waals surface area contributed by atoms with Crippen LogP contribution in [0.2, 0.25) is 0 Å². The van der Waals surface area contributed by atoms with Crippen LogP contribution in [-0.4, -0.2) is 11.5 Å². The number of anilines is 1. The van der Waals surface area contributed by atoms with Crippen LogP contribution < -0.4 is 11.1 Å². The third-order valence-electron chi connectivity index (χ3n) is 4.39. The fraction of sp³-hybridized carbons (Fsp3) is 0.533. The zero-order valence-corrected chi connectivity index (χ0v) is 12.4. The summed E-state index contributed by atoms with van der Waals surface area (Å²) in [6.07, 6.45) is 2.75. The van der Waals surface area contributed by atoms with Gasteiger partial charge < -0.3 is 11.1 Å². The number of hydrogen-bond acceptors (Lipinski definition) is 4. The molecule has 0 aliphatic heterocycles. The van der Waals surface area contributed by atoms with E-state index in [1.165, 1.54) is 23.1 Å². The first-order chi connectivity index (χ1) is 9.09. The Kier molecular flexibility index (Phi) is 3.23. The lowest BCUT2D eigenvalue weighted by Crippen LogP contribution is -2.27. The Morgan fingerprint density at radius 1 is 1.42 bits per heavy atom. The predicted molar refractivity (Wildman–Crippen MR) is 82.2 cm³/mol. The van der Waals surface area contributed by atoms with E-state index in [0.29, 0.717) is 10.5 Å². The third kappa shape index (κ3) is 2.60. The second-order valence-corrected chi connectivity index (χ2v) is 7.04. The number of nitrogens with zero attached hydrogens (tertiary/aromatic N) is 1. The molecule has 1 aliphatic rings. The SMILES string of the molecule is CC(C)C1(CNCc2ccc3nc(N)sc3c2)CC1. The smallest absolute Gasteiger partial charge is 0.181 e. The summed E-state index contributed by atoms with van der Waals surface area (Å²) in [7, 11) is 0. The van der Waals surface area contributed by atoms with Gasteiger partial charge in [-0.05, 0) is 41.9 Å². The highest BCUT2D eigenvalue weighted by Gasteiger charge is 2.44. The van der Waals surface area contributed by atoms with E-state index in [1.54, 1.807) is 11.3 Å². The highest BCUT2D eigenvalue weighted by Crippen LogP contribution is 2.51. The van der Waals surface area contributed by atoms with Crippen molar-refractivity contribution < 1.29 is 0 Å². The van der Waals surface area contributed by atoms with E-state index in [9.17, 15) is 0 Å². The van der Waals surface area contributed by atoms with Crippen LogP contribution in [0.5, 0.6) is 0 Å². The predicted octanol–water partition coefficient (Wildman–Crippen LogP) is 3.40. The molecule has 102 valence electrons. The summed E-state index contributed by atoms with van der Waals surface area (Å²) in [4.78, 5) is 4.28. The number of nitrogen functional groups attached to an aromatic ring is 1. The average molecular weight is 275 g/mol. The van der Waals surface area contributed by atoms with E-state index in [1.807, 2.05) is 0 Å². The Balaban J connectivity index is 1.62. The average Bonchev–Trinajstić information content (AvgIpc) is 3.05. The van der Waals surface area contributed by atoms with Gasteiger partial charge >= 0.3 is 0 Å². The minimum atomic E-state index is 0.568. The molecule has 0 spiro atoms. The molecule has 0 unspecified atom stereocenters. The molecule has 3 rings (SSSR count). The van der Waals surface area contributed by atoms with Crippen molar-refractivity contribution in [1.29, 1.82) is 0 Å². The Morgan fingerprint density at radius 2 is 2.21 bits per heavy atom. The van der Waals surface area contributed by atoms with Gasteiger partial charge in [-0.15, -0.1) is 0 Å². The summed E-state index contributed by atoms with van der Waals surface area (Å²) in [5.74, 6) is 0.781. The number of benzene rings is 1. The van der Waals surface area contributed by atoms with Crippen LogP contribution in [0.15, 0.2) is 18.2 Å². The summed E-state index contributed by atoms with van der Waals surface area (Å²) >= 11 is 1.56. The third-order valence-corrected chi connectivity index (χ3v) is 5.24. The fourth-order valence-electron chi connectivity index (χ4n) is 2.67. The number of fused-ring (bicyclic) bond motifs is 1. The molecular weight excluding hydrogens is 254 g/mol. The van der Waals surface area contributed by atoms with Gasteiger partial charge in [-0.2, -0.15) is 0 Å². The Labute approximate surface area is 118 Å². The summed E-state index contributed by atoms with van der Waals surface area (Å²) in [6, 6.07) is 6.41. The van der Waals surface area contributed by atoms with E-state index >= 15 is 0 Å². The first-order valence-electron chi connectivity index (χ1n) is 6.95. The van der Waals surface area contributed by atoms with E-state index in [0.717, 1.165) is 24.5 Å². The molecule has 0 bridgehead atoms. The topological polar surface area (TPSA) is 50.9 Å². The van der Waals surface area contributed by atoms with Gasteiger partial charge in [-0.25, -0.2) is 4.98 Å². The van der Waals surface area contributed by atoms with Crippen molar-refractivity contribution in [1.82, 2.24) is 10.3 Å². The summed E-state index contributed by atoms with van der Waals surface area (Å²) in [5, 5.41) is 4.26. The maximum absolute atomic E-state index is 5.73. The van der Waals surface area contributed by atoms with Crippen LogP contribution in [0.4, 0.5) is 5.13 Å². The minimum absolute atomic E-state index is 0.568. The minimum Gasteiger partial charge on any atom is -0.375 e. The van der Waals surface area contributed by atoms with E-state index < -0.39 is 0 Å². The van der Waals surface area contributed by atoms with Crippen molar-refractivity contribution in [2.75, 3.05) is 12.3 Å². The van der Waals surface area contributed by atoms with Gasteiger partial charge in [0.05, 0.1) is 10.2 Å². The van der Waals surface area contributed by atoms with Gasteiger partial charge in [0.25, 0.3) is 0 Å². The van der Waals surface area contributed by atoms with Crippen LogP contribution >= 0.6 is 11.3 Å². The molecule has 0 saturated heterocycles. The quantitative estimate of drug-likeness (QED) is 0.879. The maximum atomic E-state index is 5.73. The van der Waals surface area contributed by atoms with Crippen molar-refractivity contribution in [3.8, 4) is 0 Å². The summed E-state index contributed by atoms with van der Waals surface area (Å²) in [6.45, 7) is 6.73. The number of thiazole rings is 1. The van der Waals surface area contributed by atoms with Gasteiger partial charge in [-0.1, -0.05) is 31.3 Å². The Hall–Kier alpha value is -1.13. The second-order valence-electron chi connectivity index (χ2n) is 5.97. The fourth-order valence-corrected chi connectivity index (χ4v) is 3.47. The van der Waals surface area contributed by atoms with Gasteiger partial charge in [0, 0.05) is 13.1 Å². The molecule has 3 N–H and O–H groups in total. The van der Waals surface area contributed by atoms with Gasteiger partial charge in [0.1, 0.15) is 0 Å². The second kappa shape index (κ2) is 4.76. The van der Waals surface area contributed by atoms with Crippen LogP contribution in [0, 0.1) is 11.3 Å². The molecule has 1 aromatic heterocycles. The maximum Gasteiger partial charge on any atom is 0.181 e.